The Hall–Kier alpha value is -1.31. The zero-order valence-electron chi connectivity index (χ0n) is 13.0. The minimum atomic E-state index is 0.0758. The normalized spacial score (nSPS) is 21.8. The molecule has 1 N–H and O–H groups in total. The fourth-order valence-electron chi connectivity index (χ4n) is 2.62. The minimum absolute atomic E-state index is 0.0758. The molecule has 1 aromatic rings. The fourth-order valence-corrected chi connectivity index (χ4v) is 3.63. The first-order valence-corrected chi connectivity index (χ1v) is 8.35. The second kappa shape index (κ2) is 7.11. The molecule has 2 rings (SSSR count). The van der Waals surface area contributed by atoms with Crippen molar-refractivity contribution in [1.82, 2.24) is 4.90 Å². The van der Waals surface area contributed by atoms with Gasteiger partial charge in [0.15, 0.2) is 0 Å². The predicted molar refractivity (Wildman–Crippen MR) is 86.5 cm³/mol. The fraction of sp³-hybridized carbons (Fsp3) is 0.588. The molecule has 1 aromatic heterocycles. The van der Waals surface area contributed by atoms with E-state index in [2.05, 4.69) is 25.7 Å². The molecular weight excluding hydrogens is 282 g/mol. The van der Waals surface area contributed by atoms with Crippen molar-refractivity contribution in [3.05, 3.63) is 21.4 Å². The molecule has 114 valence electrons. The summed E-state index contributed by atoms with van der Waals surface area (Å²) in [6.07, 6.45) is 2.76. The summed E-state index contributed by atoms with van der Waals surface area (Å²) < 4.78 is 0. The van der Waals surface area contributed by atoms with Crippen molar-refractivity contribution in [2.45, 2.75) is 46.1 Å². The van der Waals surface area contributed by atoms with E-state index in [1.54, 1.807) is 0 Å². The summed E-state index contributed by atoms with van der Waals surface area (Å²) in [6, 6.07) is 2.27. The van der Waals surface area contributed by atoms with Crippen molar-refractivity contribution < 1.29 is 9.90 Å². The van der Waals surface area contributed by atoms with Gasteiger partial charge in [-0.15, -0.1) is 11.3 Å². The lowest BCUT2D eigenvalue weighted by Crippen LogP contribution is -2.44. The Morgan fingerprint density at radius 1 is 1.48 bits per heavy atom. The van der Waals surface area contributed by atoms with E-state index in [1.165, 1.54) is 17.8 Å². The largest absolute Gasteiger partial charge is 0.395 e. The molecule has 3 nitrogen and oxygen atoms in total. The van der Waals surface area contributed by atoms with Crippen LogP contribution in [-0.4, -0.2) is 35.1 Å². The Morgan fingerprint density at radius 2 is 2.24 bits per heavy atom. The van der Waals surface area contributed by atoms with Crippen molar-refractivity contribution in [2.24, 2.45) is 5.92 Å². The highest BCUT2D eigenvalue weighted by Gasteiger charge is 2.28. The van der Waals surface area contributed by atoms with E-state index in [9.17, 15) is 4.79 Å². The summed E-state index contributed by atoms with van der Waals surface area (Å²) in [7, 11) is 0. The highest BCUT2D eigenvalue weighted by atomic mass is 32.1. The number of carbonyl (C=O) groups excluding carboxylic acids is 1. The lowest BCUT2D eigenvalue weighted by atomic mass is 9.95. The Bertz CT molecular complexity index is 567. The maximum Gasteiger partial charge on any atom is 0.264 e. The number of thiophene rings is 1. The van der Waals surface area contributed by atoms with Crippen molar-refractivity contribution in [3.8, 4) is 11.8 Å². The van der Waals surface area contributed by atoms with Gasteiger partial charge in [-0.25, -0.2) is 0 Å². The number of amides is 1. The van der Waals surface area contributed by atoms with Crippen LogP contribution in [0.5, 0.6) is 0 Å². The molecule has 2 heterocycles. The van der Waals surface area contributed by atoms with Gasteiger partial charge in [-0.05, 0) is 44.2 Å². The van der Waals surface area contributed by atoms with Gasteiger partial charge < -0.3 is 10.0 Å². The first-order chi connectivity index (χ1) is 10.0. The quantitative estimate of drug-likeness (QED) is 0.853. The highest BCUT2D eigenvalue weighted by Crippen LogP contribution is 2.27. The number of aliphatic hydroxyl groups excluding tert-OH is 1. The third kappa shape index (κ3) is 3.87. The molecule has 0 bridgehead atoms. The van der Waals surface area contributed by atoms with E-state index in [4.69, 9.17) is 5.11 Å². The molecule has 0 saturated carbocycles. The molecule has 0 spiro atoms. The second-order valence-electron chi connectivity index (χ2n) is 5.89. The van der Waals surface area contributed by atoms with Gasteiger partial charge in [0.25, 0.3) is 5.91 Å². The molecule has 0 aromatic carbocycles. The van der Waals surface area contributed by atoms with Crippen LogP contribution in [0.25, 0.3) is 0 Å². The number of nitrogens with zero attached hydrogens (tertiary/aromatic N) is 1. The summed E-state index contributed by atoms with van der Waals surface area (Å²) in [5.74, 6) is 6.69. The molecule has 0 aliphatic carbocycles. The summed E-state index contributed by atoms with van der Waals surface area (Å²) in [4.78, 5) is 16.4. The molecular formula is C17H23NO2S. The molecule has 1 saturated heterocycles. The zero-order valence-corrected chi connectivity index (χ0v) is 13.8. The van der Waals surface area contributed by atoms with Gasteiger partial charge >= 0.3 is 0 Å². The zero-order chi connectivity index (χ0) is 15.4. The third-order valence-electron chi connectivity index (χ3n) is 3.95. The summed E-state index contributed by atoms with van der Waals surface area (Å²) in [5.41, 5.74) is 1.05. The molecule has 1 amide bonds. The number of piperidine rings is 1. The van der Waals surface area contributed by atoms with Gasteiger partial charge in [0.2, 0.25) is 0 Å². The topological polar surface area (TPSA) is 40.5 Å². The molecule has 1 aliphatic rings. The predicted octanol–water partition coefficient (Wildman–Crippen LogP) is 3.05. The molecule has 0 radical (unpaired) electrons. The van der Waals surface area contributed by atoms with Crippen LogP contribution >= 0.6 is 11.3 Å². The highest BCUT2D eigenvalue weighted by molar-refractivity contribution is 7.14. The Morgan fingerprint density at radius 3 is 2.95 bits per heavy atom. The number of aryl methyl sites for hydroxylation is 1. The van der Waals surface area contributed by atoms with Crippen LogP contribution in [0.4, 0.5) is 0 Å². The third-order valence-corrected chi connectivity index (χ3v) is 5.09. The second-order valence-corrected chi connectivity index (χ2v) is 6.94. The molecule has 1 fully saturated rings. The van der Waals surface area contributed by atoms with Crippen LogP contribution in [0.1, 0.15) is 53.2 Å². The van der Waals surface area contributed by atoms with Crippen molar-refractivity contribution in [1.29, 1.82) is 0 Å². The van der Waals surface area contributed by atoms with Gasteiger partial charge in [0, 0.05) is 19.0 Å². The van der Waals surface area contributed by atoms with Crippen LogP contribution in [0.3, 0.4) is 0 Å². The average Bonchev–Trinajstić information content (AvgIpc) is 2.82. The SMILES string of the molecule is Cc1cc(C(=O)N2CC(C)CCC2C)sc1C#CCCO. The van der Waals surface area contributed by atoms with Gasteiger partial charge in [0.1, 0.15) is 0 Å². The first kappa shape index (κ1) is 16.1. The minimum Gasteiger partial charge on any atom is -0.395 e. The number of hydrogen-bond acceptors (Lipinski definition) is 3. The van der Waals surface area contributed by atoms with Gasteiger partial charge in [-0.1, -0.05) is 18.8 Å². The molecule has 4 heteroatoms. The Balaban J connectivity index is 2.16. The molecule has 21 heavy (non-hydrogen) atoms. The molecule has 1 aliphatic heterocycles. The van der Waals surface area contributed by atoms with Crippen molar-refractivity contribution in [2.75, 3.05) is 13.2 Å². The van der Waals surface area contributed by atoms with E-state index in [0.717, 1.165) is 28.3 Å². The Kier molecular flexibility index (Phi) is 5.44. The van der Waals surface area contributed by atoms with E-state index in [-0.39, 0.29) is 12.5 Å². The lowest BCUT2D eigenvalue weighted by Gasteiger charge is -2.36. The van der Waals surface area contributed by atoms with Crippen LogP contribution in [0, 0.1) is 24.7 Å². The maximum absolute atomic E-state index is 12.7. The van der Waals surface area contributed by atoms with E-state index >= 15 is 0 Å². The number of carbonyl (C=O) groups is 1. The van der Waals surface area contributed by atoms with E-state index in [1.807, 2.05) is 17.9 Å². The summed E-state index contributed by atoms with van der Waals surface area (Å²) in [6.45, 7) is 7.25. The molecule has 2 unspecified atom stereocenters. The van der Waals surface area contributed by atoms with Crippen molar-refractivity contribution in [3.63, 3.8) is 0 Å². The van der Waals surface area contributed by atoms with Gasteiger partial charge in [-0.2, -0.15) is 0 Å². The van der Waals surface area contributed by atoms with Gasteiger partial charge in [-0.3, -0.25) is 4.79 Å². The first-order valence-electron chi connectivity index (χ1n) is 7.54. The summed E-state index contributed by atoms with van der Waals surface area (Å²) in [5, 5.41) is 8.77. The van der Waals surface area contributed by atoms with Crippen LogP contribution < -0.4 is 0 Å². The monoisotopic (exact) mass is 305 g/mol. The number of likely N-dealkylation sites (tertiary alicyclic amines) is 1. The van der Waals surface area contributed by atoms with Crippen LogP contribution in [-0.2, 0) is 0 Å². The van der Waals surface area contributed by atoms with E-state index in [0.29, 0.717) is 18.4 Å². The molecule has 2 atom stereocenters. The average molecular weight is 305 g/mol. The number of aliphatic hydroxyl groups is 1. The summed E-state index contributed by atoms with van der Waals surface area (Å²) >= 11 is 1.47. The van der Waals surface area contributed by atoms with Crippen LogP contribution in [0.2, 0.25) is 0 Å². The number of hydrogen-bond donors (Lipinski definition) is 1. The Labute approximate surface area is 131 Å². The lowest BCUT2D eigenvalue weighted by molar-refractivity contribution is 0.0579. The maximum atomic E-state index is 12.7. The van der Waals surface area contributed by atoms with E-state index < -0.39 is 0 Å². The standard InChI is InChI=1S/C17H23NO2S/c1-12-7-8-14(3)18(11-12)17(20)16-10-13(2)15(21-16)6-4-5-9-19/h10,12,14,19H,5,7-9,11H2,1-3H3. The van der Waals surface area contributed by atoms with Gasteiger partial charge in [0.05, 0.1) is 16.4 Å². The van der Waals surface area contributed by atoms with Crippen LogP contribution in [0.15, 0.2) is 6.07 Å². The smallest absolute Gasteiger partial charge is 0.264 e. The number of rotatable bonds is 2. The van der Waals surface area contributed by atoms with Crippen molar-refractivity contribution >= 4 is 17.2 Å².